The smallest absolute Gasteiger partial charge is 0.258 e. The number of rotatable bonds is 3. The summed E-state index contributed by atoms with van der Waals surface area (Å²) in [7, 11) is 0. The zero-order chi connectivity index (χ0) is 14.5. The molecule has 0 radical (unpaired) electrons. The van der Waals surface area contributed by atoms with Crippen LogP contribution in [-0.2, 0) is 0 Å². The van der Waals surface area contributed by atoms with Gasteiger partial charge in [0.1, 0.15) is 0 Å². The molecule has 20 heavy (non-hydrogen) atoms. The van der Waals surface area contributed by atoms with E-state index in [9.17, 15) is 4.79 Å². The first kappa shape index (κ1) is 13.6. The van der Waals surface area contributed by atoms with Gasteiger partial charge in [0.15, 0.2) is 0 Å². The Morgan fingerprint density at radius 3 is 2.40 bits per heavy atom. The van der Waals surface area contributed by atoms with Gasteiger partial charge in [0.2, 0.25) is 0 Å². The number of anilines is 2. The van der Waals surface area contributed by atoms with Crippen molar-refractivity contribution in [1.29, 1.82) is 5.26 Å². The summed E-state index contributed by atoms with van der Waals surface area (Å²) in [4.78, 5) is 14.1. The quantitative estimate of drug-likeness (QED) is 0.867. The molecule has 0 saturated heterocycles. The molecule has 2 N–H and O–H groups in total. The standard InChI is InChI=1S/C16H15N3O/c1-2-19(15-6-4-3-5-14(15)18)16(20)13-9-7-12(11-17)8-10-13/h3-10H,2,18H2,1H3. The molecule has 4 heteroatoms. The van der Waals surface area contributed by atoms with Gasteiger partial charge in [-0.25, -0.2) is 0 Å². The molecule has 0 aliphatic carbocycles. The lowest BCUT2D eigenvalue weighted by Crippen LogP contribution is -2.31. The van der Waals surface area contributed by atoms with Crippen LogP contribution in [0.1, 0.15) is 22.8 Å². The number of nitrogens with zero attached hydrogens (tertiary/aromatic N) is 2. The van der Waals surface area contributed by atoms with Crippen LogP contribution in [0, 0.1) is 11.3 Å². The lowest BCUT2D eigenvalue weighted by Gasteiger charge is -2.22. The minimum Gasteiger partial charge on any atom is -0.397 e. The first-order valence-electron chi connectivity index (χ1n) is 6.34. The summed E-state index contributed by atoms with van der Waals surface area (Å²) in [6.45, 7) is 2.42. The van der Waals surface area contributed by atoms with Crippen molar-refractivity contribution in [1.82, 2.24) is 0 Å². The molecule has 4 nitrogen and oxygen atoms in total. The predicted molar refractivity (Wildman–Crippen MR) is 79.4 cm³/mol. The minimum absolute atomic E-state index is 0.130. The number of nitrogen functional groups attached to an aromatic ring is 1. The van der Waals surface area contributed by atoms with Crippen molar-refractivity contribution in [3.05, 3.63) is 59.7 Å². The molecular weight excluding hydrogens is 250 g/mol. The summed E-state index contributed by atoms with van der Waals surface area (Å²) in [5.41, 5.74) is 8.25. The van der Waals surface area contributed by atoms with Gasteiger partial charge in [0, 0.05) is 12.1 Å². The SMILES string of the molecule is CCN(C(=O)c1ccc(C#N)cc1)c1ccccc1N. The van der Waals surface area contributed by atoms with E-state index in [0.717, 1.165) is 0 Å². The van der Waals surface area contributed by atoms with Crippen molar-refractivity contribution < 1.29 is 4.79 Å². The molecule has 0 aromatic heterocycles. The lowest BCUT2D eigenvalue weighted by molar-refractivity contribution is 0.0988. The van der Waals surface area contributed by atoms with Crippen molar-refractivity contribution in [3.63, 3.8) is 0 Å². The van der Waals surface area contributed by atoms with Crippen molar-refractivity contribution >= 4 is 17.3 Å². The minimum atomic E-state index is -0.130. The van der Waals surface area contributed by atoms with Crippen molar-refractivity contribution in [2.45, 2.75) is 6.92 Å². The molecule has 0 aliphatic rings. The number of benzene rings is 2. The molecule has 2 aromatic carbocycles. The molecule has 0 saturated carbocycles. The van der Waals surface area contributed by atoms with Gasteiger partial charge in [-0.1, -0.05) is 12.1 Å². The maximum absolute atomic E-state index is 12.5. The van der Waals surface area contributed by atoms with Crippen LogP contribution in [0.4, 0.5) is 11.4 Å². The van der Waals surface area contributed by atoms with E-state index < -0.39 is 0 Å². The van der Waals surface area contributed by atoms with Crippen LogP contribution in [0.15, 0.2) is 48.5 Å². The van der Waals surface area contributed by atoms with E-state index in [1.807, 2.05) is 31.2 Å². The van der Waals surface area contributed by atoms with Crippen molar-refractivity contribution in [2.75, 3.05) is 17.2 Å². The van der Waals surface area contributed by atoms with Gasteiger partial charge < -0.3 is 10.6 Å². The zero-order valence-corrected chi connectivity index (χ0v) is 11.2. The fourth-order valence-electron chi connectivity index (χ4n) is 2.00. The monoisotopic (exact) mass is 265 g/mol. The van der Waals surface area contributed by atoms with E-state index in [-0.39, 0.29) is 5.91 Å². The predicted octanol–water partition coefficient (Wildman–Crippen LogP) is 2.81. The Labute approximate surface area is 118 Å². The highest BCUT2D eigenvalue weighted by atomic mass is 16.2. The van der Waals surface area contributed by atoms with Crippen molar-refractivity contribution in [2.24, 2.45) is 0 Å². The normalized spacial score (nSPS) is 9.80. The average molecular weight is 265 g/mol. The highest BCUT2D eigenvalue weighted by Crippen LogP contribution is 2.24. The Balaban J connectivity index is 2.34. The molecule has 0 heterocycles. The third-order valence-corrected chi connectivity index (χ3v) is 3.05. The second kappa shape index (κ2) is 5.89. The number of amides is 1. The van der Waals surface area contributed by atoms with E-state index >= 15 is 0 Å². The summed E-state index contributed by atoms with van der Waals surface area (Å²) >= 11 is 0. The van der Waals surface area contributed by atoms with Crippen molar-refractivity contribution in [3.8, 4) is 6.07 Å². The van der Waals surface area contributed by atoms with Gasteiger partial charge in [0.05, 0.1) is 23.0 Å². The number of nitriles is 1. The molecular formula is C16H15N3O. The van der Waals surface area contributed by atoms with Gasteiger partial charge >= 0.3 is 0 Å². The number of carbonyl (C=O) groups is 1. The summed E-state index contributed by atoms with van der Waals surface area (Å²) in [6.07, 6.45) is 0. The summed E-state index contributed by atoms with van der Waals surface area (Å²) < 4.78 is 0. The third-order valence-electron chi connectivity index (χ3n) is 3.05. The second-order valence-corrected chi connectivity index (χ2v) is 4.30. The Hall–Kier alpha value is -2.80. The topological polar surface area (TPSA) is 70.1 Å². The summed E-state index contributed by atoms with van der Waals surface area (Å²) in [6, 6.07) is 15.9. The fraction of sp³-hybridized carbons (Fsp3) is 0.125. The third kappa shape index (κ3) is 2.62. The molecule has 0 atom stereocenters. The summed E-state index contributed by atoms with van der Waals surface area (Å²) in [5.74, 6) is -0.130. The maximum Gasteiger partial charge on any atom is 0.258 e. The highest BCUT2D eigenvalue weighted by molar-refractivity contribution is 6.07. The summed E-state index contributed by atoms with van der Waals surface area (Å²) in [5, 5.41) is 8.77. The van der Waals surface area contributed by atoms with E-state index in [2.05, 4.69) is 0 Å². The van der Waals surface area contributed by atoms with Crippen LogP contribution >= 0.6 is 0 Å². The number of nitrogens with two attached hydrogens (primary N) is 1. The molecule has 100 valence electrons. The number of carbonyl (C=O) groups excluding carboxylic acids is 1. The molecule has 1 amide bonds. The van der Waals surface area contributed by atoms with Gasteiger partial charge in [-0.2, -0.15) is 5.26 Å². The molecule has 2 aromatic rings. The largest absolute Gasteiger partial charge is 0.397 e. The molecule has 0 fully saturated rings. The van der Waals surface area contributed by atoms with E-state index in [1.165, 1.54) is 0 Å². The number of para-hydroxylation sites is 2. The lowest BCUT2D eigenvalue weighted by atomic mass is 10.1. The second-order valence-electron chi connectivity index (χ2n) is 4.30. The van der Waals surface area contributed by atoms with E-state index in [1.54, 1.807) is 35.2 Å². The van der Waals surface area contributed by atoms with Gasteiger partial charge in [-0.05, 0) is 43.3 Å². The first-order valence-corrected chi connectivity index (χ1v) is 6.34. The highest BCUT2D eigenvalue weighted by Gasteiger charge is 2.17. The maximum atomic E-state index is 12.5. The molecule has 2 rings (SSSR count). The van der Waals surface area contributed by atoms with E-state index in [0.29, 0.717) is 29.0 Å². The molecule has 0 aliphatic heterocycles. The number of hydrogen-bond donors (Lipinski definition) is 1. The van der Waals surface area contributed by atoms with Crippen LogP contribution in [-0.4, -0.2) is 12.5 Å². The van der Waals surface area contributed by atoms with Crippen LogP contribution in [0.2, 0.25) is 0 Å². The Bertz CT molecular complexity index is 656. The van der Waals surface area contributed by atoms with Crippen LogP contribution in [0.5, 0.6) is 0 Å². The van der Waals surface area contributed by atoms with Gasteiger partial charge in [-0.15, -0.1) is 0 Å². The molecule has 0 unspecified atom stereocenters. The van der Waals surface area contributed by atoms with Crippen LogP contribution in [0.3, 0.4) is 0 Å². The Morgan fingerprint density at radius 2 is 1.85 bits per heavy atom. The van der Waals surface area contributed by atoms with Crippen LogP contribution < -0.4 is 10.6 Å². The van der Waals surface area contributed by atoms with Crippen LogP contribution in [0.25, 0.3) is 0 Å². The molecule has 0 bridgehead atoms. The van der Waals surface area contributed by atoms with Gasteiger partial charge in [-0.3, -0.25) is 4.79 Å². The number of hydrogen-bond acceptors (Lipinski definition) is 3. The Morgan fingerprint density at radius 1 is 1.20 bits per heavy atom. The molecule has 0 spiro atoms. The van der Waals surface area contributed by atoms with Gasteiger partial charge in [0.25, 0.3) is 5.91 Å². The average Bonchev–Trinajstić information content (AvgIpc) is 2.50. The fourth-order valence-corrected chi connectivity index (χ4v) is 2.00. The van der Waals surface area contributed by atoms with E-state index in [4.69, 9.17) is 11.0 Å². The zero-order valence-electron chi connectivity index (χ0n) is 11.2. The first-order chi connectivity index (χ1) is 9.67. The Kier molecular flexibility index (Phi) is 4.02.